The summed E-state index contributed by atoms with van der Waals surface area (Å²) >= 11 is 0. The fourth-order valence-electron chi connectivity index (χ4n) is 1.65. The van der Waals surface area contributed by atoms with E-state index in [4.69, 9.17) is 0 Å². The maximum absolute atomic E-state index is 12.7. The minimum atomic E-state index is -6.55. The van der Waals surface area contributed by atoms with Crippen LogP contribution in [-0.4, -0.2) is 36.3 Å². The molecule has 15 heteroatoms. The SMILES string of the molecule is FC(F)(F)C(F)(F)CC(CC(F)(F)C(F)(F)F)CC(F)(F)C(F)(F)F. The van der Waals surface area contributed by atoms with Crippen LogP contribution in [0.3, 0.4) is 0 Å². The Bertz CT molecular complexity index is 370. The van der Waals surface area contributed by atoms with Crippen molar-refractivity contribution in [2.75, 3.05) is 0 Å². The van der Waals surface area contributed by atoms with Crippen molar-refractivity contribution in [3.05, 3.63) is 0 Å². The molecular formula is C10H7F15. The second kappa shape index (κ2) is 6.59. The third-order valence-electron chi connectivity index (χ3n) is 2.88. The maximum atomic E-state index is 12.7. The van der Waals surface area contributed by atoms with Gasteiger partial charge in [0.15, 0.2) is 0 Å². The molecule has 0 saturated heterocycles. The van der Waals surface area contributed by atoms with Crippen molar-refractivity contribution in [2.24, 2.45) is 5.92 Å². The van der Waals surface area contributed by atoms with Crippen molar-refractivity contribution in [3.63, 3.8) is 0 Å². The molecule has 0 aliphatic carbocycles. The second-order valence-corrected chi connectivity index (χ2v) is 5.09. The van der Waals surface area contributed by atoms with Crippen LogP contribution in [0.5, 0.6) is 0 Å². The van der Waals surface area contributed by atoms with Gasteiger partial charge in [0, 0.05) is 19.3 Å². The molecule has 0 aliphatic heterocycles. The molecule has 0 unspecified atom stereocenters. The highest BCUT2D eigenvalue weighted by Gasteiger charge is 2.65. The first kappa shape index (κ1) is 23.9. The normalized spacial score (nSPS) is 15.8. The van der Waals surface area contributed by atoms with E-state index in [1.807, 2.05) is 0 Å². The number of hydrogen-bond donors (Lipinski definition) is 0. The monoisotopic (exact) mass is 412 g/mol. The van der Waals surface area contributed by atoms with E-state index in [0.29, 0.717) is 0 Å². The van der Waals surface area contributed by atoms with E-state index < -0.39 is 61.5 Å². The summed E-state index contributed by atoms with van der Waals surface area (Å²) in [7, 11) is 0. The first-order chi connectivity index (χ1) is 10.5. The lowest BCUT2D eigenvalue weighted by molar-refractivity contribution is -0.315. The van der Waals surface area contributed by atoms with Gasteiger partial charge in [0.25, 0.3) is 0 Å². The zero-order valence-electron chi connectivity index (χ0n) is 11.4. The molecule has 0 aromatic rings. The van der Waals surface area contributed by atoms with Gasteiger partial charge >= 0.3 is 36.3 Å². The van der Waals surface area contributed by atoms with E-state index in [1.165, 1.54) is 0 Å². The minimum Gasteiger partial charge on any atom is -0.196 e. The van der Waals surface area contributed by atoms with E-state index in [-0.39, 0.29) is 0 Å². The number of alkyl halides is 15. The van der Waals surface area contributed by atoms with Gasteiger partial charge in [-0.3, -0.25) is 0 Å². The van der Waals surface area contributed by atoms with Crippen LogP contribution in [0.2, 0.25) is 0 Å². The third kappa shape index (κ3) is 6.01. The van der Waals surface area contributed by atoms with Gasteiger partial charge in [-0.05, 0) is 5.92 Å². The molecule has 0 heterocycles. The quantitative estimate of drug-likeness (QED) is 0.445. The molecule has 0 bridgehead atoms. The van der Waals surface area contributed by atoms with E-state index in [2.05, 4.69) is 0 Å². The van der Waals surface area contributed by atoms with Crippen molar-refractivity contribution in [3.8, 4) is 0 Å². The zero-order chi connectivity index (χ0) is 20.7. The summed E-state index contributed by atoms with van der Waals surface area (Å²) in [6, 6.07) is 0. The summed E-state index contributed by atoms with van der Waals surface area (Å²) in [5.74, 6) is -21.8. The zero-order valence-corrected chi connectivity index (χ0v) is 11.4. The minimum absolute atomic E-state index is 3.10. The number of halogens is 15. The van der Waals surface area contributed by atoms with Crippen LogP contribution in [0.4, 0.5) is 65.9 Å². The van der Waals surface area contributed by atoms with Crippen molar-refractivity contribution in [1.82, 2.24) is 0 Å². The highest BCUT2D eigenvalue weighted by atomic mass is 19.4. The van der Waals surface area contributed by atoms with Crippen molar-refractivity contribution >= 4 is 0 Å². The van der Waals surface area contributed by atoms with Crippen molar-refractivity contribution < 1.29 is 65.9 Å². The van der Waals surface area contributed by atoms with E-state index >= 15 is 0 Å². The Balaban J connectivity index is 5.70. The van der Waals surface area contributed by atoms with Crippen LogP contribution in [0, 0.1) is 5.92 Å². The lowest BCUT2D eigenvalue weighted by Gasteiger charge is -2.31. The van der Waals surface area contributed by atoms with Gasteiger partial charge < -0.3 is 0 Å². The number of hydrogen-bond acceptors (Lipinski definition) is 0. The smallest absolute Gasteiger partial charge is 0.196 e. The van der Waals surface area contributed by atoms with Gasteiger partial charge in [-0.15, -0.1) is 0 Å². The molecule has 152 valence electrons. The summed E-state index contributed by atoms with van der Waals surface area (Å²) in [5.41, 5.74) is 0. The maximum Gasteiger partial charge on any atom is 0.453 e. The molecule has 0 N–H and O–H groups in total. The predicted octanol–water partition coefficient (Wildman–Crippen LogP) is 6.37. The van der Waals surface area contributed by atoms with E-state index in [9.17, 15) is 65.9 Å². The largest absolute Gasteiger partial charge is 0.453 e. The summed E-state index contributed by atoms with van der Waals surface area (Å²) in [5, 5.41) is 0. The van der Waals surface area contributed by atoms with Crippen LogP contribution < -0.4 is 0 Å². The summed E-state index contributed by atoms with van der Waals surface area (Å²) in [6.07, 6.45) is -29.0. The van der Waals surface area contributed by atoms with Crippen molar-refractivity contribution in [2.45, 2.75) is 55.6 Å². The molecule has 0 saturated carbocycles. The van der Waals surface area contributed by atoms with Crippen LogP contribution in [0.1, 0.15) is 19.3 Å². The molecule has 0 spiro atoms. The van der Waals surface area contributed by atoms with Gasteiger partial charge in [0.2, 0.25) is 0 Å². The Hall–Kier alpha value is -1.05. The molecular weight excluding hydrogens is 405 g/mol. The Morgan fingerprint density at radius 1 is 0.360 bits per heavy atom. The molecule has 0 radical (unpaired) electrons. The van der Waals surface area contributed by atoms with Crippen LogP contribution in [0.25, 0.3) is 0 Å². The van der Waals surface area contributed by atoms with Crippen LogP contribution in [-0.2, 0) is 0 Å². The lowest BCUT2D eigenvalue weighted by Crippen LogP contribution is -2.45. The Morgan fingerprint density at radius 2 is 0.520 bits per heavy atom. The van der Waals surface area contributed by atoms with Gasteiger partial charge in [-0.2, -0.15) is 65.9 Å². The van der Waals surface area contributed by atoms with Gasteiger partial charge in [-0.1, -0.05) is 0 Å². The van der Waals surface area contributed by atoms with Gasteiger partial charge in [0.05, 0.1) is 0 Å². The number of rotatable bonds is 6. The molecule has 0 atom stereocenters. The van der Waals surface area contributed by atoms with E-state index in [1.54, 1.807) is 0 Å². The highest BCUT2D eigenvalue weighted by molar-refractivity contribution is 4.89. The first-order valence-corrected chi connectivity index (χ1v) is 5.87. The first-order valence-electron chi connectivity index (χ1n) is 5.87. The molecule has 25 heavy (non-hydrogen) atoms. The van der Waals surface area contributed by atoms with Gasteiger partial charge in [-0.25, -0.2) is 0 Å². The molecule has 0 aliphatic rings. The Morgan fingerprint density at radius 3 is 0.640 bits per heavy atom. The third-order valence-corrected chi connectivity index (χ3v) is 2.88. The average Bonchev–Trinajstić information content (AvgIpc) is 2.21. The standard InChI is InChI=1S/C10H7F15/c11-5(12,8(17,18)19)1-4(2-6(13,14)9(20,21)22)3-7(15,16)10(23,24)25/h4H,1-3H2. The Labute approximate surface area is 129 Å². The summed E-state index contributed by atoms with van der Waals surface area (Å²) in [6.45, 7) is 0. The molecule has 0 fully saturated rings. The topological polar surface area (TPSA) is 0 Å². The molecule has 0 aromatic carbocycles. The fraction of sp³-hybridized carbons (Fsp3) is 1.00. The Kier molecular flexibility index (Phi) is 6.32. The molecule has 0 amide bonds. The second-order valence-electron chi connectivity index (χ2n) is 5.09. The molecule has 0 aromatic heterocycles. The van der Waals surface area contributed by atoms with Gasteiger partial charge in [0.1, 0.15) is 0 Å². The van der Waals surface area contributed by atoms with Crippen LogP contribution in [0.15, 0.2) is 0 Å². The molecule has 0 rings (SSSR count). The lowest BCUT2D eigenvalue weighted by atomic mass is 9.88. The van der Waals surface area contributed by atoms with Crippen molar-refractivity contribution in [1.29, 1.82) is 0 Å². The van der Waals surface area contributed by atoms with E-state index in [0.717, 1.165) is 0 Å². The summed E-state index contributed by atoms with van der Waals surface area (Å²) in [4.78, 5) is 0. The fourth-order valence-corrected chi connectivity index (χ4v) is 1.65. The highest BCUT2D eigenvalue weighted by Crippen LogP contribution is 2.50. The average molecular weight is 412 g/mol. The summed E-state index contributed by atoms with van der Waals surface area (Å²) < 4.78 is 184. The van der Waals surface area contributed by atoms with Crippen LogP contribution >= 0.6 is 0 Å². The predicted molar refractivity (Wildman–Crippen MR) is 50.3 cm³/mol. The molecule has 0 nitrogen and oxygen atoms in total.